The fraction of sp³-hybridized carbons (Fsp3) is 0.426. The molecular weight excluding hydrogens is 723 g/mol. The van der Waals surface area contributed by atoms with Crippen molar-refractivity contribution in [3.05, 3.63) is 140 Å². The average molecular weight is 786 g/mol. The second-order valence-electron chi connectivity index (χ2n) is 22.0. The summed E-state index contributed by atoms with van der Waals surface area (Å²) in [7, 11) is 0. The van der Waals surface area contributed by atoms with Gasteiger partial charge in [-0.1, -0.05) is 101 Å². The summed E-state index contributed by atoms with van der Waals surface area (Å²) in [6.07, 6.45) is 2.72. The molecule has 5 nitrogen and oxygen atoms in total. The number of carbonyl (C=O) groups is 1. The molecule has 0 bridgehead atoms. The molecule has 2 aromatic heterocycles. The van der Waals surface area contributed by atoms with Gasteiger partial charge in [-0.3, -0.25) is 9.36 Å². The van der Waals surface area contributed by atoms with Crippen LogP contribution in [0.2, 0.25) is 0 Å². The number of ether oxygens (including phenoxy) is 1. The zero-order valence-electron chi connectivity index (χ0n) is 38.4. The summed E-state index contributed by atoms with van der Waals surface area (Å²) in [5, 5.41) is 2.27. The first-order valence-electron chi connectivity index (χ1n) is 21.4. The minimum atomic E-state index is -0.589. The van der Waals surface area contributed by atoms with E-state index in [1.807, 2.05) is 12.3 Å². The molecule has 306 valence electrons. The molecule has 59 heavy (non-hydrogen) atoms. The van der Waals surface area contributed by atoms with Crippen LogP contribution in [0.3, 0.4) is 0 Å². The van der Waals surface area contributed by atoms with Crippen molar-refractivity contribution in [1.29, 1.82) is 0 Å². The van der Waals surface area contributed by atoms with E-state index in [1.165, 1.54) is 27.8 Å². The van der Waals surface area contributed by atoms with Gasteiger partial charge in [-0.2, -0.15) is 0 Å². The Hall–Kier alpha value is -5.03. The molecule has 0 radical (unpaired) electrons. The molecule has 0 spiro atoms. The van der Waals surface area contributed by atoms with Crippen LogP contribution < -0.4 is 0 Å². The fourth-order valence-electron chi connectivity index (χ4n) is 9.60. The quantitative estimate of drug-likeness (QED) is 0.167. The third kappa shape index (κ3) is 6.46. The Kier molecular flexibility index (Phi) is 8.96. The average Bonchev–Trinajstić information content (AvgIpc) is 3.71. The summed E-state index contributed by atoms with van der Waals surface area (Å²) in [6, 6.07) is 26.3. The van der Waals surface area contributed by atoms with E-state index in [2.05, 4.69) is 182 Å². The molecule has 0 saturated heterocycles. The standard InChI is InChI=1S/C54H63N3O2/c1-31-19-43-42-28-38(49(4,5)6)17-18-45(42)57(47(43)55-30-31)41-26-35(24-40(27-41)51(10,11)12)46(58)34-22-36(25-39(23-34)50(7,8)9)48-56-53(16)44-21-33(3)32(2)20-37(44)29-54(53,59-48)52(13,14)15/h17-28,30H,29H2,1-16H3/t53-,54-/m1/s1. The lowest BCUT2D eigenvalue weighted by molar-refractivity contribution is -0.0673. The van der Waals surface area contributed by atoms with Crippen molar-refractivity contribution in [1.82, 2.24) is 9.55 Å². The highest BCUT2D eigenvalue weighted by atomic mass is 16.5. The van der Waals surface area contributed by atoms with E-state index < -0.39 is 11.1 Å². The van der Waals surface area contributed by atoms with E-state index >= 15 is 4.79 Å². The number of aromatic nitrogens is 2. The summed E-state index contributed by atoms with van der Waals surface area (Å²) in [5.41, 5.74) is 12.8. The summed E-state index contributed by atoms with van der Waals surface area (Å²) >= 11 is 0. The third-order valence-electron chi connectivity index (χ3n) is 13.5. The van der Waals surface area contributed by atoms with Gasteiger partial charge in [-0.15, -0.1) is 0 Å². The van der Waals surface area contributed by atoms with Crippen LogP contribution in [0.1, 0.15) is 156 Å². The normalized spacial score (nSPS) is 19.6. The van der Waals surface area contributed by atoms with Crippen LogP contribution in [-0.2, 0) is 32.9 Å². The first kappa shape index (κ1) is 40.7. The van der Waals surface area contributed by atoms with Crippen molar-refractivity contribution >= 4 is 33.6 Å². The maximum Gasteiger partial charge on any atom is 0.217 e. The molecule has 0 amide bonds. The van der Waals surface area contributed by atoms with Crippen LogP contribution in [0, 0.1) is 26.2 Å². The summed E-state index contributed by atoms with van der Waals surface area (Å²) in [5.74, 6) is 0.577. The highest BCUT2D eigenvalue weighted by molar-refractivity contribution is 6.12. The molecule has 0 saturated carbocycles. The summed E-state index contributed by atoms with van der Waals surface area (Å²) < 4.78 is 9.52. The van der Waals surface area contributed by atoms with Gasteiger partial charge in [0.05, 0.1) is 5.52 Å². The molecule has 6 aromatic rings. The number of nitrogens with zero attached hydrogens (tertiary/aromatic N) is 3. The minimum Gasteiger partial charge on any atom is -0.467 e. The predicted molar refractivity (Wildman–Crippen MR) is 246 cm³/mol. The van der Waals surface area contributed by atoms with Gasteiger partial charge in [0.25, 0.3) is 0 Å². The largest absolute Gasteiger partial charge is 0.467 e. The Morgan fingerprint density at radius 3 is 1.92 bits per heavy atom. The molecule has 2 atom stereocenters. The summed E-state index contributed by atoms with van der Waals surface area (Å²) in [6.45, 7) is 35.5. The Bertz CT molecular complexity index is 2770. The third-order valence-corrected chi connectivity index (χ3v) is 13.5. The monoisotopic (exact) mass is 785 g/mol. The van der Waals surface area contributed by atoms with Crippen molar-refractivity contribution in [2.75, 3.05) is 0 Å². The van der Waals surface area contributed by atoms with Crippen molar-refractivity contribution in [2.45, 2.75) is 145 Å². The number of rotatable bonds is 4. The molecule has 0 unspecified atom stereocenters. The highest BCUT2D eigenvalue weighted by Crippen LogP contribution is 2.60. The van der Waals surface area contributed by atoms with Crippen LogP contribution in [0.5, 0.6) is 0 Å². The highest BCUT2D eigenvalue weighted by Gasteiger charge is 2.66. The maximum atomic E-state index is 15.2. The van der Waals surface area contributed by atoms with Crippen LogP contribution in [0.4, 0.5) is 0 Å². The number of aliphatic imine (C=N–C) groups is 1. The van der Waals surface area contributed by atoms with Crippen molar-refractivity contribution in [3.8, 4) is 5.69 Å². The van der Waals surface area contributed by atoms with Gasteiger partial charge in [-0.25, -0.2) is 9.98 Å². The molecule has 2 aliphatic rings. The van der Waals surface area contributed by atoms with Gasteiger partial charge in [0, 0.05) is 51.2 Å². The number of hydrogen-bond acceptors (Lipinski definition) is 4. The minimum absolute atomic E-state index is 0.00631. The number of benzene rings is 4. The number of pyridine rings is 1. The second kappa shape index (κ2) is 13.0. The molecule has 8 rings (SSSR count). The SMILES string of the molecule is Cc1cnc2c(c1)c1cc(C(C)(C)C)ccc1n2-c1cc(C(=O)c2cc(C3=N[C@]4(C)c5cc(C)c(C)cc5C[C@]4(C(C)(C)C)O3)cc(C(C)(C)C)c2)cc(C(C)(C)C)c1. The number of ketones is 1. The Labute approximate surface area is 352 Å². The van der Waals surface area contributed by atoms with E-state index in [4.69, 9.17) is 14.7 Å². The number of carbonyl (C=O) groups excluding carboxylic acids is 1. The van der Waals surface area contributed by atoms with Gasteiger partial charge in [0.15, 0.2) is 5.78 Å². The van der Waals surface area contributed by atoms with Crippen LogP contribution >= 0.6 is 0 Å². The Morgan fingerprint density at radius 2 is 1.29 bits per heavy atom. The first-order valence-corrected chi connectivity index (χ1v) is 21.4. The van der Waals surface area contributed by atoms with E-state index in [0.717, 1.165) is 56.3 Å². The van der Waals surface area contributed by atoms with E-state index in [9.17, 15) is 0 Å². The molecule has 3 heterocycles. The van der Waals surface area contributed by atoms with Gasteiger partial charge in [-0.05, 0) is 143 Å². The van der Waals surface area contributed by atoms with Gasteiger partial charge < -0.3 is 4.74 Å². The van der Waals surface area contributed by atoms with Crippen LogP contribution in [0.25, 0.3) is 27.6 Å². The van der Waals surface area contributed by atoms with Gasteiger partial charge >= 0.3 is 0 Å². The molecular formula is C54H63N3O2. The zero-order valence-corrected chi connectivity index (χ0v) is 38.4. The van der Waals surface area contributed by atoms with Gasteiger partial charge in [0.2, 0.25) is 5.90 Å². The number of fused-ring (bicyclic) bond motifs is 6. The van der Waals surface area contributed by atoms with Crippen molar-refractivity contribution < 1.29 is 9.53 Å². The smallest absolute Gasteiger partial charge is 0.217 e. The molecule has 0 fully saturated rings. The molecule has 1 aliphatic heterocycles. The lowest BCUT2D eigenvalue weighted by Crippen LogP contribution is -2.54. The van der Waals surface area contributed by atoms with E-state index in [0.29, 0.717) is 17.0 Å². The molecule has 0 N–H and O–H groups in total. The Morgan fingerprint density at radius 1 is 0.678 bits per heavy atom. The first-order chi connectivity index (χ1) is 27.2. The van der Waals surface area contributed by atoms with E-state index in [-0.39, 0.29) is 27.4 Å². The lowest BCUT2D eigenvalue weighted by Gasteiger charge is -2.45. The molecule has 1 aliphatic carbocycles. The maximum absolute atomic E-state index is 15.2. The Balaban J connectivity index is 1.31. The second-order valence-corrected chi connectivity index (χ2v) is 22.0. The van der Waals surface area contributed by atoms with Crippen molar-refractivity contribution in [2.24, 2.45) is 10.4 Å². The van der Waals surface area contributed by atoms with Crippen molar-refractivity contribution in [3.63, 3.8) is 0 Å². The topological polar surface area (TPSA) is 56.5 Å². The van der Waals surface area contributed by atoms with Crippen LogP contribution in [0.15, 0.2) is 84.0 Å². The number of hydrogen-bond donors (Lipinski definition) is 0. The number of aryl methyl sites for hydroxylation is 3. The predicted octanol–water partition coefficient (Wildman–Crippen LogP) is 13.3. The lowest BCUT2D eigenvalue weighted by atomic mass is 9.66. The molecule has 4 aromatic carbocycles. The summed E-state index contributed by atoms with van der Waals surface area (Å²) in [4.78, 5) is 25.8. The van der Waals surface area contributed by atoms with E-state index in [1.54, 1.807) is 0 Å². The fourth-order valence-corrected chi connectivity index (χ4v) is 9.60. The van der Waals surface area contributed by atoms with Gasteiger partial charge in [0.1, 0.15) is 16.8 Å². The molecule has 5 heteroatoms. The zero-order chi connectivity index (χ0) is 43.0. The van der Waals surface area contributed by atoms with Crippen LogP contribution in [-0.4, -0.2) is 26.8 Å².